The molecule has 4 rings (SSSR count). The number of hydrogen-bond acceptors (Lipinski definition) is 6. The number of rotatable bonds is 6. The van der Waals surface area contributed by atoms with Gasteiger partial charge >= 0.3 is 0 Å². The number of aliphatic hydroxyl groups is 1. The first kappa shape index (κ1) is 22.6. The first-order valence-electron chi connectivity index (χ1n) is 11.5. The third kappa shape index (κ3) is 3.85. The smallest absolute Gasteiger partial charge is 0.231 e. The number of carbonyl (C=O) groups excluding carboxylic acids is 2. The van der Waals surface area contributed by atoms with Gasteiger partial charge in [-0.25, -0.2) is 4.99 Å². The van der Waals surface area contributed by atoms with E-state index in [0.29, 0.717) is 18.7 Å². The van der Waals surface area contributed by atoms with Crippen LogP contribution in [0.15, 0.2) is 29.3 Å². The van der Waals surface area contributed by atoms with Gasteiger partial charge in [0.05, 0.1) is 18.0 Å². The number of nitrogens with zero attached hydrogens (tertiary/aromatic N) is 2. The Bertz CT molecular complexity index is 940. The van der Waals surface area contributed by atoms with E-state index in [9.17, 15) is 14.7 Å². The summed E-state index contributed by atoms with van der Waals surface area (Å²) in [5.41, 5.74) is 5.32. The summed E-state index contributed by atoms with van der Waals surface area (Å²) in [7, 11) is 0. The van der Waals surface area contributed by atoms with E-state index >= 15 is 0 Å². The molecule has 32 heavy (non-hydrogen) atoms. The van der Waals surface area contributed by atoms with Crippen LogP contribution >= 0.6 is 0 Å². The van der Waals surface area contributed by atoms with Crippen molar-refractivity contribution in [1.29, 1.82) is 0 Å². The maximum absolute atomic E-state index is 13.2. The number of aliphatic imine (C=N–C) groups is 1. The molecule has 1 unspecified atom stereocenters. The minimum absolute atomic E-state index is 0.00323. The standard InChI is InChI=1S/C24H34N4O4/c1-5-24(6-2)11-18(29)28(22(25)27-24)12-16-14(3)19(16)21(30)26-20-15-9-7-8-10-17(15)32-13-23(20,4)31/h7-10,14,16,19-20,31H,5-6,11-13H2,1-4H3,(H2,25,27)(H,26,30)/t14?,16-,19-,20+,23+/m0/s1. The number of guanidine groups is 1. The molecule has 1 aromatic carbocycles. The van der Waals surface area contributed by atoms with E-state index in [4.69, 9.17) is 10.5 Å². The maximum atomic E-state index is 13.2. The molecular formula is C24H34N4O4. The topological polar surface area (TPSA) is 117 Å². The van der Waals surface area contributed by atoms with Gasteiger partial charge in [-0.2, -0.15) is 0 Å². The molecule has 8 heteroatoms. The van der Waals surface area contributed by atoms with Crippen LogP contribution in [0, 0.1) is 17.8 Å². The van der Waals surface area contributed by atoms with Crippen molar-refractivity contribution in [2.24, 2.45) is 28.5 Å². The lowest BCUT2D eigenvalue weighted by molar-refractivity contribution is -0.131. The van der Waals surface area contributed by atoms with E-state index in [-0.39, 0.29) is 42.1 Å². The summed E-state index contributed by atoms with van der Waals surface area (Å²) in [6.45, 7) is 8.21. The van der Waals surface area contributed by atoms with Crippen LogP contribution in [0.25, 0.3) is 0 Å². The van der Waals surface area contributed by atoms with Gasteiger partial charge in [0.25, 0.3) is 0 Å². The fraction of sp³-hybridized carbons (Fsp3) is 0.625. The zero-order chi connectivity index (χ0) is 23.3. The van der Waals surface area contributed by atoms with Gasteiger partial charge in [0.15, 0.2) is 5.96 Å². The number of para-hydroxylation sites is 1. The summed E-state index contributed by atoms with van der Waals surface area (Å²) in [6.07, 6.45) is 1.88. The Kier molecular flexibility index (Phi) is 5.69. The monoisotopic (exact) mass is 442 g/mol. The third-order valence-electron chi connectivity index (χ3n) is 7.64. The average Bonchev–Trinajstić information content (AvgIpc) is 3.41. The number of nitrogens with two attached hydrogens (primary N) is 1. The second kappa shape index (κ2) is 8.06. The molecule has 4 N–H and O–H groups in total. The highest BCUT2D eigenvalue weighted by Gasteiger charge is 2.54. The predicted molar refractivity (Wildman–Crippen MR) is 121 cm³/mol. The van der Waals surface area contributed by atoms with Crippen LogP contribution < -0.4 is 15.8 Å². The van der Waals surface area contributed by atoms with Crippen molar-refractivity contribution in [3.63, 3.8) is 0 Å². The van der Waals surface area contributed by atoms with Crippen LogP contribution in [0.1, 0.15) is 58.6 Å². The summed E-state index contributed by atoms with van der Waals surface area (Å²) < 4.78 is 5.66. The molecule has 0 aromatic heterocycles. The van der Waals surface area contributed by atoms with E-state index in [1.54, 1.807) is 6.92 Å². The molecular weight excluding hydrogens is 408 g/mol. The van der Waals surface area contributed by atoms with Crippen molar-refractivity contribution in [3.8, 4) is 5.75 Å². The quantitative estimate of drug-likeness (QED) is 0.623. The Hall–Kier alpha value is -2.61. The Labute approximate surface area is 189 Å². The van der Waals surface area contributed by atoms with Gasteiger partial charge in [-0.15, -0.1) is 0 Å². The molecule has 0 bridgehead atoms. The zero-order valence-electron chi connectivity index (χ0n) is 19.3. The first-order valence-corrected chi connectivity index (χ1v) is 11.5. The number of nitrogens with one attached hydrogen (secondary N) is 1. The second-order valence-electron chi connectivity index (χ2n) is 9.76. The van der Waals surface area contributed by atoms with Crippen LogP contribution in [0.5, 0.6) is 5.75 Å². The minimum Gasteiger partial charge on any atom is -0.490 e. The molecule has 8 nitrogen and oxygen atoms in total. The largest absolute Gasteiger partial charge is 0.490 e. The lowest BCUT2D eigenvalue weighted by Gasteiger charge is -2.38. The molecule has 1 saturated carbocycles. The molecule has 1 fully saturated rings. The van der Waals surface area contributed by atoms with E-state index in [2.05, 4.69) is 10.3 Å². The Morgan fingerprint density at radius 3 is 2.69 bits per heavy atom. The molecule has 174 valence electrons. The average molecular weight is 443 g/mol. The number of amides is 2. The van der Waals surface area contributed by atoms with Gasteiger partial charge in [-0.3, -0.25) is 14.5 Å². The highest BCUT2D eigenvalue weighted by Crippen LogP contribution is 2.48. The molecule has 2 aliphatic heterocycles. The van der Waals surface area contributed by atoms with Gasteiger partial charge in [0.2, 0.25) is 11.8 Å². The SMILES string of the molecule is CCC1(CC)CC(=O)N(C[C@H]2C(C)[C@@H]2C(=O)N[C@@H]2c3ccccc3OC[C@@]2(C)O)C(N)=N1. The van der Waals surface area contributed by atoms with Gasteiger partial charge in [-0.1, -0.05) is 39.0 Å². The Morgan fingerprint density at radius 2 is 2.03 bits per heavy atom. The lowest BCUT2D eigenvalue weighted by Crippen LogP contribution is -2.52. The third-order valence-corrected chi connectivity index (χ3v) is 7.64. The number of fused-ring (bicyclic) bond motifs is 1. The maximum Gasteiger partial charge on any atom is 0.231 e. The molecule has 5 atom stereocenters. The van der Waals surface area contributed by atoms with Gasteiger partial charge in [0, 0.05) is 18.0 Å². The van der Waals surface area contributed by atoms with Crippen molar-refractivity contribution < 1.29 is 19.4 Å². The summed E-state index contributed by atoms with van der Waals surface area (Å²) >= 11 is 0. The molecule has 1 aromatic rings. The number of carbonyl (C=O) groups is 2. The number of benzene rings is 1. The van der Waals surface area contributed by atoms with Crippen molar-refractivity contribution >= 4 is 17.8 Å². The minimum atomic E-state index is -1.22. The highest BCUT2D eigenvalue weighted by molar-refractivity contribution is 5.99. The van der Waals surface area contributed by atoms with Crippen LogP contribution in [-0.2, 0) is 9.59 Å². The first-order chi connectivity index (χ1) is 15.1. The number of hydrogen-bond donors (Lipinski definition) is 3. The highest BCUT2D eigenvalue weighted by atomic mass is 16.5. The normalized spacial score (nSPS) is 33.1. The Balaban J connectivity index is 1.45. The van der Waals surface area contributed by atoms with Gasteiger partial charge in [-0.05, 0) is 37.7 Å². The van der Waals surface area contributed by atoms with E-state index in [1.165, 1.54) is 4.90 Å². The second-order valence-corrected chi connectivity index (χ2v) is 9.76. The van der Waals surface area contributed by atoms with Crippen LogP contribution in [0.3, 0.4) is 0 Å². The summed E-state index contributed by atoms with van der Waals surface area (Å²) in [6, 6.07) is 6.86. The van der Waals surface area contributed by atoms with E-state index < -0.39 is 17.2 Å². The fourth-order valence-corrected chi connectivity index (χ4v) is 5.13. The lowest BCUT2D eigenvalue weighted by atomic mass is 9.87. The molecule has 2 heterocycles. The van der Waals surface area contributed by atoms with Crippen molar-refractivity contribution in [2.75, 3.05) is 13.2 Å². The van der Waals surface area contributed by atoms with Crippen LogP contribution in [-0.4, -0.2) is 52.1 Å². The summed E-state index contributed by atoms with van der Waals surface area (Å²) in [5.74, 6) is 0.641. The van der Waals surface area contributed by atoms with Crippen molar-refractivity contribution in [1.82, 2.24) is 10.2 Å². The van der Waals surface area contributed by atoms with E-state index in [0.717, 1.165) is 18.4 Å². The van der Waals surface area contributed by atoms with Crippen molar-refractivity contribution in [2.45, 2.75) is 64.1 Å². The molecule has 0 spiro atoms. The van der Waals surface area contributed by atoms with Crippen LogP contribution in [0.4, 0.5) is 0 Å². The van der Waals surface area contributed by atoms with Gasteiger partial charge < -0.3 is 20.9 Å². The van der Waals surface area contributed by atoms with Crippen LogP contribution in [0.2, 0.25) is 0 Å². The molecule has 1 aliphatic carbocycles. The fourth-order valence-electron chi connectivity index (χ4n) is 5.13. The molecule has 3 aliphatic rings. The zero-order valence-corrected chi connectivity index (χ0v) is 19.3. The van der Waals surface area contributed by atoms with Crippen molar-refractivity contribution in [3.05, 3.63) is 29.8 Å². The predicted octanol–water partition coefficient (Wildman–Crippen LogP) is 1.98. The molecule has 0 saturated heterocycles. The summed E-state index contributed by atoms with van der Waals surface area (Å²) in [5, 5.41) is 13.9. The number of ether oxygens (including phenoxy) is 1. The molecule has 0 radical (unpaired) electrons. The van der Waals surface area contributed by atoms with E-state index in [1.807, 2.05) is 45.0 Å². The summed E-state index contributed by atoms with van der Waals surface area (Å²) in [4.78, 5) is 32.2. The van der Waals surface area contributed by atoms with Gasteiger partial charge in [0.1, 0.15) is 18.0 Å². The Morgan fingerprint density at radius 1 is 1.34 bits per heavy atom. The molecule has 2 amide bonds.